The second-order valence-electron chi connectivity index (χ2n) is 16.1. The van der Waals surface area contributed by atoms with Crippen molar-refractivity contribution in [2.75, 3.05) is 0 Å². The van der Waals surface area contributed by atoms with Crippen LogP contribution in [0.1, 0.15) is 93.3 Å². The number of halogens is 2. The van der Waals surface area contributed by atoms with E-state index in [9.17, 15) is 0 Å². The Balaban J connectivity index is 1.57. The molecule has 0 amide bonds. The van der Waals surface area contributed by atoms with Crippen molar-refractivity contribution in [3.8, 4) is 22.3 Å². The average Bonchev–Trinajstić information content (AvgIpc) is 3.59. The minimum atomic E-state index is -4.84. The van der Waals surface area contributed by atoms with Crippen LogP contribution in [0.2, 0.25) is 13.1 Å². The molecule has 6 rings (SSSR count). The summed E-state index contributed by atoms with van der Waals surface area (Å²) in [4.78, 5) is 0. The second kappa shape index (κ2) is 12.1. The quantitative estimate of drug-likeness (QED) is 0.172. The monoisotopic (exact) mass is 755 g/mol. The molecule has 47 heavy (non-hydrogen) atoms. The van der Waals surface area contributed by atoms with Crippen LogP contribution in [0, 0.1) is 26.7 Å². The summed E-state index contributed by atoms with van der Waals surface area (Å²) in [7, 11) is 17.3. The van der Waals surface area contributed by atoms with Gasteiger partial charge in [-0.25, -0.2) is 0 Å². The SMILES string of the molecule is CC1=Cc2c(-c3ccc(C)c(C)c3)ccc(C)c2[CH]1[Zr]([Cl])([Cl])([CH]1C(C(C)C)=Cc2c(-c3ccc(C(C)(C)C)cc3)cccc21)[SiH](C)C. The van der Waals surface area contributed by atoms with E-state index in [0.29, 0.717) is 5.92 Å². The second-order valence-corrected chi connectivity index (χ2v) is 58.6. The molecule has 0 fully saturated rings. The average molecular weight is 758 g/mol. The van der Waals surface area contributed by atoms with Crippen LogP contribution in [0.25, 0.3) is 34.4 Å². The van der Waals surface area contributed by atoms with E-state index >= 15 is 0 Å². The fourth-order valence-corrected chi connectivity index (χ4v) is 40.7. The first-order valence-corrected chi connectivity index (χ1v) is 33.7. The molecule has 0 nitrogen and oxygen atoms in total. The van der Waals surface area contributed by atoms with E-state index in [1.165, 1.54) is 77.9 Å². The number of allylic oxidation sites excluding steroid dienone is 2. The summed E-state index contributed by atoms with van der Waals surface area (Å²) in [5, 5.41) is 0. The molecule has 0 heterocycles. The van der Waals surface area contributed by atoms with Crippen LogP contribution < -0.4 is 0 Å². The number of hydrogen-bond acceptors (Lipinski definition) is 0. The molecular formula is C43H51Cl2SiZr. The third-order valence-corrected chi connectivity index (χ3v) is 63.4. The molecule has 4 heteroatoms. The van der Waals surface area contributed by atoms with Crippen molar-refractivity contribution in [3.63, 3.8) is 0 Å². The minimum absolute atomic E-state index is 0.0826. The first-order chi connectivity index (χ1) is 21.9. The third kappa shape index (κ3) is 5.59. The molecule has 0 saturated heterocycles. The van der Waals surface area contributed by atoms with E-state index in [-0.39, 0.29) is 12.7 Å². The van der Waals surface area contributed by atoms with E-state index < -0.39 is 21.5 Å². The van der Waals surface area contributed by atoms with Gasteiger partial charge in [0.2, 0.25) is 0 Å². The Morgan fingerprint density at radius 1 is 0.681 bits per heavy atom. The molecule has 0 radical (unpaired) electrons. The van der Waals surface area contributed by atoms with Gasteiger partial charge in [-0.2, -0.15) is 0 Å². The molecule has 0 N–H and O–H groups in total. The Hall–Kier alpha value is -1.96. The Morgan fingerprint density at radius 3 is 1.89 bits per heavy atom. The summed E-state index contributed by atoms with van der Waals surface area (Å²) < 4.78 is 0.167. The van der Waals surface area contributed by atoms with E-state index in [2.05, 4.69) is 160 Å². The first kappa shape index (κ1) is 34.9. The third-order valence-electron chi connectivity index (χ3n) is 11.5. The van der Waals surface area contributed by atoms with Gasteiger partial charge in [0.05, 0.1) is 0 Å². The molecule has 0 aromatic heterocycles. The zero-order valence-electron chi connectivity index (χ0n) is 30.1. The van der Waals surface area contributed by atoms with Crippen molar-refractivity contribution in [3.05, 3.63) is 128 Å². The van der Waals surface area contributed by atoms with Gasteiger partial charge in [-0.05, 0) is 0 Å². The van der Waals surface area contributed by atoms with Crippen LogP contribution in [0.5, 0.6) is 0 Å². The van der Waals surface area contributed by atoms with Crippen molar-refractivity contribution in [2.24, 2.45) is 5.92 Å². The van der Waals surface area contributed by atoms with E-state index in [1.807, 2.05) is 0 Å². The molecule has 0 aliphatic heterocycles. The van der Waals surface area contributed by atoms with Crippen LogP contribution in [0.15, 0.2) is 83.9 Å². The van der Waals surface area contributed by atoms with Crippen LogP contribution >= 0.6 is 17.0 Å². The molecule has 0 bridgehead atoms. The Labute approximate surface area is 293 Å². The molecule has 4 aromatic rings. The van der Waals surface area contributed by atoms with E-state index in [0.717, 1.165) is 0 Å². The van der Waals surface area contributed by atoms with Crippen LogP contribution in [0.3, 0.4) is 0 Å². The summed E-state index contributed by atoms with van der Waals surface area (Å²) in [6, 6.07) is 27.6. The molecule has 245 valence electrons. The maximum atomic E-state index is 8.67. The van der Waals surface area contributed by atoms with Gasteiger partial charge in [0, 0.05) is 0 Å². The first-order valence-electron chi connectivity index (χ1n) is 17.4. The number of aryl methyl sites for hydroxylation is 3. The van der Waals surface area contributed by atoms with Crippen molar-refractivity contribution in [1.29, 1.82) is 0 Å². The molecule has 2 unspecified atom stereocenters. The van der Waals surface area contributed by atoms with Crippen molar-refractivity contribution in [2.45, 2.75) is 88.1 Å². The predicted molar refractivity (Wildman–Crippen MR) is 209 cm³/mol. The molecule has 2 aliphatic carbocycles. The number of hydrogen-bond donors (Lipinski definition) is 0. The van der Waals surface area contributed by atoms with Crippen molar-refractivity contribution >= 4 is 35.1 Å². The topological polar surface area (TPSA) is 0 Å². The van der Waals surface area contributed by atoms with Gasteiger partial charge in [0.1, 0.15) is 0 Å². The van der Waals surface area contributed by atoms with Gasteiger partial charge in [-0.3, -0.25) is 0 Å². The summed E-state index contributed by atoms with van der Waals surface area (Å²) in [6.45, 7) is 25.4. The van der Waals surface area contributed by atoms with Gasteiger partial charge in [0.15, 0.2) is 0 Å². The van der Waals surface area contributed by atoms with Gasteiger partial charge in [-0.1, -0.05) is 0 Å². The Kier molecular flexibility index (Phi) is 9.00. The summed E-state index contributed by atoms with van der Waals surface area (Å²) in [5.74, 6) is -1.30. The summed E-state index contributed by atoms with van der Waals surface area (Å²) >= 11 is -4.84. The Morgan fingerprint density at radius 2 is 1.30 bits per heavy atom. The fraction of sp³-hybridized carbons (Fsp3) is 0.349. The number of fused-ring (bicyclic) bond motifs is 2. The van der Waals surface area contributed by atoms with Gasteiger partial charge >= 0.3 is 295 Å². The zero-order chi connectivity index (χ0) is 34.2. The molecule has 2 atom stereocenters. The number of rotatable bonds is 6. The molecular weight excluding hydrogens is 707 g/mol. The molecule has 4 aromatic carbocycles. The van der Waals surface area contributed by atoms with E-state index in [4.69, 9.17) is 17.0 Å². The van der Waals surface area contributed by atoms with E-state index in [1.54, 1.807) is 0 Å². The summed E-state index contributed by atoms with van der Waals surface area (Å²) in [6.07, 6.45) is 4.92. The Bertz CT molecular complexity index is 1950. The van der Waals surface area contributed by atoms with Gasteiger partial charge in [0.25, 0.3) is 0 Å². The van der Waals surface area contributed by atoms with Crippen LogP contribution in [-0.2, 0) is 21.0 Å². The predicted octanol–water partition coefficient (Wildman–Crippen LogP) is 13.5. The summed E-state index contributed by atoms with van der Waals surface area (Å²) in [5.41, 5.74) is 18.7. The van der Waals surface area contributed by atoms with Crippen LogP contribution in [0.4, 0.5) is 0 Å². The van der Waals surface area contributed by atoms with Gasteiger partial charge < -0.3 is 0 Å². The van der Waals surface area contributed by atoms with Crippen molar-refractivity contribution < 1.29 is 15.6 Å². The maximum absolute atomic E-state index is 8.67. The van der Waals surface area contributed by atoms with Gasteiger partial charge in [-0.15, -0.1) is 0 Å². The number of benzene rings is 4. The zero-order valence-corrected chi connectivity index (χ0v) is 35.3. The molecule has 0 spiro atoms. The van der Waals surface area contributed by atoms with Crippen LogP contribution in [-0.4, -0.2) is 5.92 Å². The molecule has 2 aliphatic rings. The fourth-order valence-electron chi connectivity index (χ4n) is 8.47. The molecule has 0 saturated carbocycles. The van der Waals surface area contributed by atoms with Crippen molar-refractivity contribution in [1.82, 2.24) is 0 Å². The normalized spacial score (nSPS) is 18.6. The standard InChI is InChI=1S/C22H25.C19H19.C2H7Si.2ClH.Zr/c1-15(2)18-13-17-7-6-8-20(21(17)14-18)16-9-11-19(12-10-16)22(3,4)5;1-12-9-18-14(3)6-8-17(19(18)10-12)16-7-5-13(2)15(4)11-16;1-3-2;;;/h6-15H,1-5H3;5-11H,1-4H3;3H,1-2H3;2*1H;/q;;;;;+2/p-2.